The van der Waals surface area contributed by atoms with Crippen LogP contribution in [0, 0.1) is 0 Å². The minimum atomic E-state index is 0.250. The molecule has 2 radical (unpaired) electrons. The van der Waals surface area contributed by atoms with Crippen molar-refractivity contribution in [2.75, 3.05) is 0 Å². The van der Waals surface area contributed by atoms with Crippen molar-refractivity contribution in [3.8, 4) is 22.6 Å². The summed E-state index contributed by atoms with van der Waals surface area (Å²) in [6.45, 7) is 0.490. The average molecular weight is 286 g/mol. The highest BCUT2D eigenvalue weighted by molar-refractivity contribution is 6.34. The Labute approximate surface area is 131 Å². The molecule has 2 nitrogen and oxygen atoms in total. The molecule has 0 spiro atoms. The van der Waals surface area contributed by atoms with Gasteiger partial charge in [0.25, 0.3) is 0 Å². The lowest BCUT2D eigenvalue weighted by Crippen LogP contribution is -2.09. The second kappa shape index (κ2) is 6.40. The van der Waals surface area contributed by atoms with Crippen molar-refractivity contribution in [1.29, 1.82) is 0 Å². The molecule has 0 unspecified atom stereocenters. The maximum absolute atomic E-state index is 9.34. The molecular weight excluding hydrogens is 271 g/mol. The summed E-state index contributed by atoms with van der Waals surface area (Å²) in [6, 6.07) is 22.7. The lowest BCUT2D eigenvalue weighted by atomic mass is 9.91. The fraction of sp³-hybridized carbons (Fsp3) is 0.0526. The second-order valence-corrected chi connectivity index (χ2v) is 5.07. The van der Waals surface area contributed by atoms with Gasteiger partial charge < -0.3 is 9.84 Å². The van der Waals surface area contributed by atoms with E-state index in [0.717, 1.165) is 16.7 Å². The summed E-state index contributed by atoms with van der Waals surface area (Å²) < 4.78 is 5.77. The van der Waals surface area contributed by atoms with Crippen LogP contribution in [0.2, 0.25) is 0 Å². The molecule has 0 aliphatic carbocycles. The van der Waals surface area contributed by atoms with Crippen molar-refractivity contribution in [3.05, 3.63) is 78.4 Å². The summed E-state index contributed by atoms with van der Waals surface area (Å²) >= 11 is 0. The van der Waals surface area contributed by atoms with E-state index < -0.39 is 0 Å². The van der Waals surface area contributed by atoms with E-state index in [9.17, 15) is 5.11 Å². The molecule has 0 amide bonds. The molecule has 3 rings (SSSR count). The maximum Gasteiger partial charge on any atom is 0.119 e. The summed E-state index contributed by atoms with van der Waals surface area (Å²) in [5.74, 6) is 0.922. The highest BCUT2D eigenvalue weighted by atomic mass is 16.5. The summed E-state index contributed by atoms with van der Waals surface area (Å²) in [5, 5.41) is 9.34. The molecule has 0 fully saturated rings. The van der Waals surface area contributed by atoms with E-state index >= 15 is 0 Å². The Morgan fingerprint density at radius 2 is 1.50 bits per heavy atom. The number of benzene rings is 3. The SMILES string of the molecule is [B]c1cc(-c2ccc(O)cc2)ccc1OCc1ccccc1. The standard InChI is InChI=1S/C19H15BO2/c20-18-12-16(15-6-9-17(21)10-7-15)8-11-19(18)22-13-14-4-2-1-3-5-14/h1-12,21H,13H2. The van der Waals surface area contributed by atoms with Gasteiger partial charge in [0.1, 0.15) is 26.0 Å². The summed E-state index contributed by atoms with van der Waals surface area (Å²) in [5.41, 5.74) is 3.69. The third-order valence-corrected chi connectivity index (χ3v) is 3.45. The first kappa shape index (κ1) is 14.3. The molecule has 106 valence electrons. The van der Waals surface area contributed by atoms with Gasteiger partial charge in [-0.3, -0.25) is 0 Å². The normalized spacial score (nSPS) is 10.4. The molecular formula is C19H15BO2. The van der Waals surface area contributed by atoms with Gasteiger partial charge >= 0.3 is 0 Å². The quantitative estimate of drug-likeness (QED) is 0.744. The van der Waals surface area contributed by atoms with Crippen molar-refractivity contribution in [1.82, 2.24) is 0 Å². The maximum atomic E-state index is 9.34. The Morgan fingerprint density at radius 1 is 0.818 bits per heavy atom. The number of phenols is 1. The topological polar surface area (TPSA) is 29.5 Å². The van der Waals surface area contributed by atoms with Crippen LogP contribution in [0.1, 0.15) is 5.56 Å². The fourth-order valence-corrected chi connectivity index (χ4v) is 2.25. The van der Waals surface area contributed by atoms with Crippen LogP contribution in [0.4, 0.5) is 0 Å². The molecule has 22 heavy (non-hydrogen) atoms. The minimum absolute atomic E-state index is 0.250. The van der Waals surface area contributed by atoms with Crippen LogP contribution in [0.25, 0.3) is 11.1 Å². The zero-order valence-electron chi connectivity index (χ0n) is 12.1. The van der Waals surface area contributed by atoms with Crippen LogP contribution in [0.5, 0.6) is 11.5 Å². The van der Waals surface area contributed by atoms with Crippen LogP contribution in [-0.4, -0.2) is 13.0 Å². The lowest BCUT2D eigenvalue weighted by molar-refractivity contribution is 0.309. The van der Waals surface area contributed by atoms with Crippen LogP contribution in [0.3, 0.4) is 0 Å². The monoisotopic (exact) mass is 286 g/mol. The predicted octanol–water partition coefficient (Wildman–Crippen LogP) is 3.43. The Balaban J connectivity index is 1.76. The zero-order valence-corrected chi connectivity index (χ0v) is 12.1. The average Bonchev–Trinajstić information content (AvgIpc) is 2.55. The van der Waals surface area contributed by atoms with E-state index in [1.165, 1.54) is 0 Å². The third kappa shape index (κ3) is 3.31. The Hall–Kier alpha value is -2.68. The van der Waals surface area contributed by atoms with Gasteiger partial charge in [0.2, 0.25) is 0 Å². The van der Waals surface area contributed by atoms with E-state index in [0.29, 0.717) is 17.8 Å². The number of aromatic hydroxyl groups is 1. The van der Waals surface area contributed by atoms with Gasteiger partial charge in [-0.05, 0) is 34.9 Å². The summed E-state index contributed by atoms with van der Waals surface area (Å²) in [4.78, 5) is 0. The van der Waals surface area contributed by atoms with Crippen molar-refractivity contribution in [3.63, 3.8) is 0 Å². The van der Waals surface area contributed by atoms with Gasteiger partial charge in [-0.25, -0.2) is 0 Å². The first-order valence-corrected chi connectivity index (χ1v) is 7.08. The van der Waals surface area contributed by atoms with Gasteiger partial charge in [-0.15, -0.1) is 0 Å². The Kier molecular flexibility index (Phi) is 4.15. The molecule has 1 N–H and O–H groups in total. The van der Waals surface area contributed by atoms with Crippen molar-refractivity contribution < 1.29 is 9.84 Å². The number of hydrogen-bond acceptors (Lipinski definition) is 2. The van der Waals surface area contributed by atoms with Crippen LogP contribution in [0.15, 0.2) is 72.8 Å². The fourth-order valence-electron chi connectivity index (χ4n) is 2.25. The van der Waals surface area contributed by atoms with Crippen molar-refractivity contribution in [2.24, 2.45) is 0 Å². The van der Waals surface area contributed by atoms with Gasteiger partial charge in [0.15, 0.2) is 0 Å². The Morgan fingerprint density at radius 3 is 2.18 bits per heavy atom. The number of hydrogen-bond donors (Lipinski definition) is 1. The van der Waals surface area contributed by atoms with Crippen molar-refractivity contribution >= 4 is 13.3 Å². The van der Waals surface area contributed by atoms with E-state index in [1.807, 2.05) is 60.7 Å². The van der Waals surface area contributed by atoms with Gasteiger partial charge in [0.05, 0.1) is 0 Å². The van der Waals surface area contributed by atoms with E-state index in [1.54, 1.807) is 12.1 Å². The Bertz CT molecular complexity index is 752. The molecule has 0 aliphatic rings. The highest BCUT2D eigenvalue weighted by Gasteiger charge is 2.04. The molecule has 0 heterocycles. The van der Waals surface area contributed by atoms with Gasteiger partial charge in [0, 0.05) is 0 Å². The predicted molar refractivity (Wildman–Crippen MR) is 89.7 cm³/mol. The first-order chi connectivity index (χ1) is 10.7. The van der Waals surface area contributed by atoms with E-state index in [4.69, 9.17) is 12.6 Å². The van der Waals surface area contributed by atoms with Crippen molar-refractivity contribution in [2.45, 2.75) is 6.61 Å². The summed E-state index contributed by atoms with van der Waals surface area (Å²) in [7, 11) is 6.08. The largest absolute Gasteiger partial charge is 0.508 e. The molecule has 3 heteroatoms. The van der Waals surface area contributed by atoms with Crippen LogP contribution >= 0.6 is 0 Å². The molecule has 0 aliphatic heterocycles. The smallest absolute Gasteiger partial charge is 0.119 e. The zero-order chi connectivity index (χ0) is 15.4. The molecule has 0 saturated heterocycles. The molecule has 3 aromatic carbocycles. The molecule has 0 bridgehead atoms. The number of phenolic OH excluding ortho intramolecular Hbond substituents is 1. The number of rotatable bonds is 4. The third-order valence-electron chi connectivity index (χ3n) is 3.45. The molecule has 0 aromatic heterocycles. The second-order valence-electron chi connectivity index (χ2n) is 5.07. The lowest BCUT2D eigenvalue weighted by Gasteiger charge is -2.11. The molecule has 3 aromatic rings. The summed E-state index contributed by atoms with van der Waals surface area (Å²) in [6.07, 6.45) is 0. The molecule has 0 atom stereocenters. The highest BCUT2D eigenvalue weighted by Crippen LogP contribution is 2.23. The van der Waals surface area contributed by atoms with Crippen LogP contribution in [-0.2, 0) is 6.61 Å². The molecule has 0 saturated carbocycles. The van der Waals surface area contributed by atoms with Gasteiger partial charge in [-0.1, -0.05) is 60.1 Å². The first-order valence-electron chi connectivity index (χ1n) is 7.08. The minimum Gasteiger partial charge on any atom is -0.508 e. The van der Waals surface area contributed by atoms with E-state index in [2.05, 4.69) is 0 Å². The van der Waals surface area contributed by atoms with Crippen LogP contribution < -0.4 is 10.2 Å². The van der Waals surface area contributed by atoms with Gasteiger partial charge in [-0.2, -0.15) is 0 Å². The van der Waals surface area contributed by atoms with E-state index in [-0.39, 0.29) is 5.75 Å². The number of ether oxygens (including phenoxy) is 1.